The molecular formula is C22H21N3O2. The van der Waals surface area contributed by atoms with E-state index in [0.717, 1.165) is 39.6 Å². The second kappa shape index (κ2) is 7.41. The van der Waals surface area contributed by atoms with Crippen LogP contribution in [0.4, 0.5) is 5.69 Å². The van der Waals surface area contributed by atoms with Gasteiger partial charge in [0.25, 0.3) is 0 Å². The first-order chi connectivity index (χ1) is 13.2. The predicted molar refractivity (Wildman–Crippen MR) is 107 cm³/mol. The highest BCUT2D eigenvalue weighted by atomic mass is 16.7. The quantitative estimate of drug-likeness (QED) is 0.410. The number of nitrogens with two attached hydrogens (primary N) is 1. The van der Waals surface area contributed by atoms with E-state index >= 15 is 0 Å². The summed E-state index contributed by atoms with van der Waals surface area (Å²) in [5.41, 5.74) is 6.07. The van der Waals surface area contributed by atoms with E-state index in [2.05, 4.69) is 35.5 Å². The first-order valence-electron chi connectivity index (χ1n) is 8.81. The Labute approximate surface area is 158 Å². The average molecular weight is 359 g/mol. The van der Waals surface area contributed by atoms with Crippen molar-refractivity contribution in [3.8, 4) is 11.5 Å². The van der Waals surface area contributed by atoms with Gasteiger partial charge in [0.05, 0.1) is 5.71 Å². The van der Waals surface area contributed by atoms with Crippen molar-refractivity contribution in [1.29, 1.82) is 0 Å². The number of hydrogen-bond acceptors (Lipinski definition) is 5. The lowest BCUT2D eigenvalue weighted by Crippen LogP contribution is -2.12. The van der Waals surface area contributed by atoms with Gasteiger partial charge in [-0.25, -0.2) is 0 Å². The maximum Gasteiger partial charge on any atom is 0.231 e. The van der Waals surface area contributed by atoms with Crippen LogP contribution < -0.4 is 20.6 Å². The van der Waals surface area contributed by atoms with Crippen molar-refractivity contribution in [2.45, 2.75) is 13.5 Å². The molecule has 5 nitrogen and oxygen atoms in total. The molecule has 0 saturated heterocycles. The zero-order chi connectivity index (χ0) is 18.6. The molecule has 0 amide bonds. The Bertz CT molecular complexity index is 981. The lowest BCUT2D eigenvalue weighted by molar-refractivity contribution is 0.174. The minimum Gasteiger partial charge on any atom is -0.454 e. The van der Waals surface area contributed by atoms with E-state index in [-0.39, 0.29) is 6.79 Å². The van der Waals surface area contributed by atoms with Crippen LogP contribution in [-0.2, 0) is 6.54 Å². The van der Waals surface area contributed by atoms with Gasteiger partial charge in [-0.3, -0.25) is 0 Å². The van der Waals surface area contributed by atoms with Crippen LogP contribution >= 0.6 is 0 Å². The second-order valence-corrected chi connectivity index (χ2v) is 6.42. The largest absolute Gasteiger partial charge is 0.454 e. The van der Waals surface area contributed by atoms with Gasteiger partial charge < -0.3 is 20.6 Å². The zero-order valence-electron chi connectivity index (χ0n) is 15.1. The molecule has 5 heteroatoms. The molecule has 3 N–H and O–H groups in total. The topological polar surface area (TPSA) is 68.9 Å². The maximum atomic E-state index is 5.75. The number of nitrogens with one attached hydrogen (secondary N) is 1. The predicted octanol–water partition coefficient (Wildman–Crippen LogP) is 4.05. The molecule has 0 saturated carbocycles. The molecule has 0 aliphatic carbocycles. The van der Waals surface area contributed by atoms with Gasteiger partial charge in [0, 0.05) is 29.4 Å². The number of anilines is 1. The Morgan fingerprint density at radius 3 is 2.59 bits per heavy atom. The third-order valence-electron chi connectivity index (χ3n) is 4.58. The summed E-state index contributed by atoms with van der Waals surface area (Å²) in [4.78, 5) is 0. The van der Waals surface area contributed by atoms with Crippen LogP contribution in [-0.4, -0.2) is 12.5 Å². The number of nitrogens with zero attached hydrogens (tertiary/aromatic N) is 1. The fourth-order valence-electron chi connectivity index (χ4n) is 3.12. The summed E-state index contributed by atoms with van der Waals surface area (Å²) in [5, 5.41) is 7.51. The van der Waals surface area contributed by atoms with Crippen LogP contribution in [0.1, 0.15) is 22.3 Å². The van der Waals surface area contributed by atoms with Crippen LogP contribution in [0.15, 0.2) is 71.8 Å². The standard InChI is InChI=1S/C22H21N3O2/c1-15-6-8-16(9-7-15)22(25-23)19-5-3-2-4-17(19)13-24-18-10-11-20-21(12-18)27-14-26-20/h2-12,24H,13-14,23H2,1H3/b25-22-. The van der Waals surface area contributed by atoms with Gasteiger partial charge in [-0.2, -0.15) is 5.10 Å². The van der Waals surface area contributed by atoms with Gasteiger partial charge in [0.2, 0.25) is 6.79 Å². The third kappa shape index (κ3) is 3.58. The Balaban J connectivity index is 1.58. The lowest BCUT2D eigenvalue weighted by Gasteiger charge is -2.14. The minimum atomic E-state index is 0.272. The normalized spacial score (nSPS) is 12.9. The summed E-state index contributed by atoms with van der Waals surface area (Å²) in [6, 6.07) is 22.2. The Kier molecular flexibility index (Phi) is 4.66. The number of aryl methyl sites for hydroxylation is 1. The van der Waals surface area contributed by atoms with Crippen LogP contribution in [0.5, 0.6) is 11.5 Å². The van der Waals surface area contributed by atoms with Crippen LogP contribution in [0.2, 0.25) is 0 Å². The van der Waals surface area contributed by atoms with Crippen molar-refractivity contribution in [2.24, 2.45) is 10.9 Å². The number of fused-ring (bicyclic) bond motifs is 1. The number of hydrogen-bond donors (Lipinski definition) is 2. The fourth-order valence-corrected chi connectivity index (χ4v) is 3.12. The highest BCUT2D eigenvalue weighted by Gasteiger charge is 2.14. The first-order valence-corrected chi connectivity index (χ1v) is 8.81. The highest BCUT2D eigenvalue weighted by molar-refractivity contribution is 6.13. The monoisotopic (exact) mass is 359 g/mol. The van der Waals surface area contributed by atoms with E-state index in [9.17, 15) is 0 Å². The van der Waals surface area contributed by atoms with Crippen molar-refractivity contribution in [3.05, 3.63) is 89.0 Å². The van der Waals surface area contributed by atoms with Gasteiger partial charge in [0.1, 0.15) is 0 Å². The smallest absolute Gasteiger partial charge is 0.231 e. The lowest BCUT2D eigenvalue weighted by atomic mass is 9.97. The van der Waals surface area contributed by atoms with E-state index in [4.69, 9.17) is 15.3 Å². The molecule has 1 aliphatic rings. The molecule has 136 valence electrons. The van der Waals surface area contributed by atoms with Crippen LogP contribution in [0.25, 0.3) is 0 Å². The van der Waals surface area contributed by atoms with Crippen molar-refractivity contribution in [3.63, 3.8) is 0 Å². The van der Waals surface area contributed by atoms with E-state index in [1.165, 1.54) is 5.56 Å². The molecule has 0 radical (unpaired) electrons. The third-order valence-corrected chi connectivity index (χ3v) is 4.58. The molecule has 0 fully saturated rings. The summed E-state index contributed by atoms with van der Waals surface area (Å²) in [5.74, 6) is 7.29. The molecule has 0 unspecified atom stereocenters. The van der Waals surface area contributed by atoms with Gasteiger partial charge in [0.15, 0.2) is 11.5 Å². The number of ether oxygens (including phenoxy) is 2. The van der Waals surface area contributed by atoms with Crippen molar-refractivity contribution in [2.75, 3.05) is 12.1 Å². The molecule has 4 rings (SSSR count). The van der Waals surface area contributed by atoms with Gasteiger partial charge >= 0.3 is 0 Å². The van der Waals surface area contributed by atoms with E-state index in [1.807, 2.05) is 48.5 Å². The van der Waals surface area contributed by atoms with Crippen LogP contribution in [0, 0.1) is 6.92 Å². The molecule has 1 aliphatic heterocycles. The summed E-state index contributed by atoms with van der Waals surface area (Å²) in [6.45, 7) is 2.97. The van der Waals surface area contributed by atoms with Crippen molar-refractivity contribution < 1.29 is 9.47 Å². The van der Waals surface area contributed by atoms with Gasteiger partial charge in [-0.05, 0) is 24.6 Å². The molecule has 0 aromatic heterocycles. The van der Waals surface area contributed by atoms with Crippen LogP contribution in [0.3, 0.4) is 0 Å². The molecule has 3 aromatic rings. The Morgan fingerprint density at radius 2 is 1.78 bits per heavy atom. The first kappa shape index (κ1) is 17.0. The van der Waals surface area contributed by atoms with E-state index in [0.29, 0.717) is 6.54 Å². The van der Waals surface area contributed by atoms with Crippen molar-refractivity contribution >= 4 is 11.4 Å². The minimum absolute atomic E-state index is 0.272. The molecular weight excluding hydrogens is 338 g/mol. The van der Waals surface area contributed by atoms with Gasteiger partial charge in [-0.15, -0.1) is 0 Å². The average Bonchev–Trinajstić information content (AvgIpc) is 3.17. The van der Waals surface area contributed by atoms with Gasteiger partial charge in [-0.1, -0.05) is 54.1 Å². The van der Waals surface area contributed by atoms with E-state index < -0.39 is 0 Å². The Morgan fingerprint density at radius 1 is 1.00 bits per heavy atom. The summed E-state index contributed by atoms with van der Waals surface area (Å²) in [7, 11) is 0. The summed E-state index contributed by atoms with van der Waals surface area (Å²) < 4.78 is 10.8. The molecule has 27 heavy (non-hydrogen) atoms. The maximum absolute atomic E-state index is 5.75. The molecule has 0 bridgehead atoms. The SMILES string of the molecule is Cc1ccc(/C(=N/N)c2ccccc2CNc2ccc3c(c2)OCO3)cc1. The molecule has 0 atom stereocenters. The Hall–Kier alpha value is -3.47. The molecule has 1 heterocycles. The summed E-state index contributed by atoms with van der Waals surface area (Å²) >= 11 is 0. The number of rotatable bonds is 5. The van der Waals surface area contributed by atoms with E-state index in [1.54, 1.807) is 0 Å². The number of benzene rings is 3. The molecule has 0 spiro atoms. The molecule has 3 aromatic carbocycles. The summed E-state index contributed by atoms with van der Waals surface area (Å²) in [6.07, 6.45) is 0. The van der Waals surface area contributed by atoms with Crippen molar-refractivity contribution in [1.82, 2.24) is 0 Å². The second-order valence-electron chi connectivity index (χ2n) is 6.42. The highest BCUT2D eigenvalue weighted by Crippen LogP contribution is 2.34. The number of hydrazone groups is 1. The zero-order valence-corrected chi connectivity index (χ0v) is 15.1. The fraction of sp³-hybridized carbons (Fsp3) is 0.136.